The van der Waals surface area contributed by atoms with Crippen LogP contribution in [0.3, 0.4) is 0 Å². The highest BCUT2D eigenvalue weighted by atomic mass is 31.2. The van der Waals surface area contributed by atoms with Gasteiger partial charge in [-0.1, -0.05) is 66.2 Å². The molecular weight excluding hydrogens is 371 g/mol. The number of rotatable bonds is 5. The topological polar surface area (TPSA) is 60.4 Å². The fourth-order valence-corrected chi connectivity index (χ4v) is 5.38. The Labute approximate surface area is 164 Å². The normalized spacial score (nSPS) is 12.8. The number of aryl methyl sites for hydroxylation is 3. The summed E-state index contributed by atoms with van der Waals surface area (Å²) in [4.78, 5) is 26.5. The van der Waals surface area contributed by atoms with Crippen LogP contribution in [-0.4, -0.2) is 11.2 Å². The summed E-state index contributed by atoms with van der Waals surface area (Å²) in [5.74, 6) is 0.244. The summed E-state index contributed by atoms with van der Waals surface area (Å²) in [5.41, 5.74) is 0.942. The Hall–Kier alpha value is -2.97. The van der Waals surface area contributed by atoms with E-state index in [-0.39, 0.29) is 11.1 Å². The van der Waals surface area contributed by atoms with Gasteiger partial charge in [0.2, 0.25) is 5.52 Å². The summed E-state index contributed by atoms with van der Waals surface area (Å²) in [6, 6.07) is 20.1. The van der Waals surface area contributed by atoms with Crippen molar-refractivity contribution in [3.63, 3.8) is 0 Å². The first-order valence-electron chi connectivity index (χ1n) is 8.90. The van der Waals surface area contributed by atoms with Crippen LogP contribution in [0.4, 0.5) is 4.79 Å². The molecule has 0 N–H and O–H groups in total. The van der Waals surface area contributed by atoms with E-state index in [9.17, 15) is 14.2 Å². The van der Waals surface area contributed by atoms with Gasteiger partial charge in [-0.15, -0.1) is 0 Å². The molecule has 0 amide bonds. The van der Waals surface area contributed by atoms with Gasteiger partial charge in [0.25, 0.3) is 7.14 Å². The SMILES string of the molecule is Cc1cc(C)c(C(=O)P(=O)(C(=O)Oc2ccccc2)c2ccccc2)c(C)c1. The van der Waals surface area contributed by atoms with Crippen LogP contribution in [0.25, 0.3) is 0 Å². The maximum absolute atomic E-state index is 14.0. The van der Waals surface area contributed by atoms with Crippen molar-refractivity contribution in [1.29, 1.82) is 0 Å². The van der Waals surface area contributed by atoms with Crippen molar-refractivity contribution in [3.8, 4) is 5.75 Å². The minimum absolute atomic E-state index is 0.167. The van der Waals surface area contributed by atoms with Crippen molar-refractivity contribution < 1.29 is 18.9 Å². The van der Waals surface area contributed by atoms with E-state index in [4.69, 9.17) is 4.74 Å². The first kappa shape index (κ1) is 19.8. The average Bonchev–Trinajstić information content (AvgIpc) is 2.67. The lowest BCUT2D eigenvalue weighted by atomic mass is 10.0. The Morgan fingerprint density at radius 1 is 0.786 bits per heavy atom. The molecule has 0 aromatic heterocycles. The van der Waals surface area contributed by atoms with Gasteiger partial charge in [0.15, 0.2) is 0 Å². The molecule has 1 atom stereocenters. The first-order valence-corrected chi connectivity index (χ1v) is 10.6. The van der Waals surface area contributed by atoms with E-state index in [0.717, 1.165) is 5.56 Å². The molecule has 0 spiro atoms. The minimum atomic E-state index is -4.21. The molecule has 142 valence electrons. The molecule has 1 unspecified atom stereocenters. The molecule has 0 heterocycles. The molecule has 0 saturated carbocycles. The van der Waals surface area contributed by atoms with E-state index in [1.54, 1.807) is 62.4 Å². The van der Waals surface area contributed by atoms with Crippen LogP contribution in [0.2, 0.25) is 0 Å². The summed E-state index contributed by atoms with van der Waals surface area (Å²) in [6.07, 6.45) is 0. The molecule has 0 aliphatic carbocycles. The van der Waals surface area contributed by atoms with E-state index < -0.39 is 18.4 Å². The summed E-state index contributed by atoms with van der Waals surface area (Å²) in [5, 5.41) is 0.167. The standard InChI is InChI=1S/C23H21O4P/c1-16-14-17(2)21(18(3)15-16)22(24)28(26,20-12-8-5-9-13-20)23(25)27-19-10-6-4-7-11-19/h4-15H,1-3H3. The van der Waals surface area contributed by atoms with Crippen LogP contribution in [0.1, 0.15) is 27.0 Å². The molecule has 4 nitrogen and oxygen atoms in total. The fourth-order valence-electron chi connectivity index (χ4n) is 3.27. The van der Waals surface area contributed by atoms with Crippen LogP contribution >= 0.6 is 7.14 Å². The molecule has 28 heavy (non-hydrogen) atoms. The summed E-state index contributed by atoms with van der Waals surface area (Å²) in [7, 11) is -4.21. The van der Waals surface area contributed by atoms with Crippen molar-refractivity contribution in [2.24, 2.45) is 0 Å². The van der Waals surface area contributed by atoms with Crippen LogP contribution < -0.4 is 10.0 Å². The lowest BCUT2D eigenvalue weighted by Crippen LogP contribution is -2.23. The minimum Gasteiger partial charge on any atom is -0.421 e. The van der Waals surface area contributed by atoms with Crippen molar-refractivity contribution in [2.75, 3.05) is 0 Å². The van der Waals surface area contributed by atoms with Gasteiger partial charge in [0, 0.05) is 10.9 Å². The highest BCUT2D eigenvalue weighted by molar-refractivity contribution is 8.00. The zero-order valence-electron chi connectivity index (χ0n) is 16.0. The lowest BCUT2D eigenvalue weighted by molar-refractivity contribution is 0.107. The Kier molecular flexibility index (Phi) is 5.62. The zero-order chi connectivity index (χ0) is 20.3. The van der Waals surface area contributed by atoms with E-state index in [1.807, 2.05) is 19.1 Å². The molecule has 3 rings (SSSR count). The average molecular weight is 392 g/mol. The van der Waals surface area contributed by atoms with E-state index in [0.29, 0.717) is 16.7 Å². The quantitative estimate of drug-likeness (QED) is 0.527. The van der Waals surface area contributed by atoms with Gasteiger partial charge in [-0.3, -0.25) is 9.36 Å². The molecule has 3 aromatic carbocycles. The number of para-hydroxylation sites is 1. The molecule has 5 heteroatoms. The predicted molar refractivity (Wildman–Crippen MR) is 111 cm³/mol. The predicted octanol–water partition coefficient (Wildman–Crippen LogP) is 5.64. The van der Waals surface area contributed by atoms with Gasteiger partial charge in [-0.05, 0) is 44.0 Å². The van der Waals surface area contributed by atoms with Crippen molar-refractivity contribution in [1.82, 2.24) is 0 Å². The molecule has 0 saturated heterocycles. The smallest absolute Gasteiger partial charge is 0.381 e. The molecule has 0 aliphatic rings. The maximum Gasteiger partial charge on any atom is 0.381 e. The van der Waals surface area contributed by atoms with Gasteiger partial charge in [-0.2, -0.15) is 0 Å². The number of carbonyl (C=O) groups is 2. The number of benzene rings is 3. The fraction of sp³-hybridized carbons (Fsp3) is 0.130. The van der Waals surface area contributed by atoms with Gasteiger partial charge < -0.3 is 4.74 Å². The third-order valence-corrected chi connectivity index (χ3v) is 6.93. The number of hydrogen-bond acceptors (Lipinski definition) is 4. The van der Waals surface area contributed by atoms with E-state index in [1.165, 1.54) is 12.1 Å². The highest BCUT2D eigenvalue weighted by Crippen LogP contribution is 2.50. The summed E-state index contributed by atoms with van der Waals surface area (Å²) >= 11 is 0. The third kappa shape index (κ3) is 3.69. The largest absolute Gasteiger partial charge is 0.421 e. The number of ether oxygens (including phenoxy) is 1. The van der Waals surface area contributed by atoms with Crippen LogP contribution in [0, 0.1) is 20.8 Å². The van der Waals surface area contributed by atoms with Crippen LogP contribution in [-0.2, 0) is 4.57 Å². The second kappa shape index (κ2) is 7.95. The second-order valence-electron chi connectivity index (χ2n) is 6.70. The summed E-state index contributed by atoms with van der Waals surface area (Å²) < 4.78 is 19.3. The van der Waals surface area contributed by atoms with Gasteiger partial charge in [0.1, 0.15) is 5.75 Å². The Balaban J connectivity index is 2.14. The van der Waals surface area contributed by atoms with Gasteiger partial charge >= 0.3 is 5.71 Å². The monoisotopic (exact) mass is 392 g/mol. The van der Waals surface area contributed by atoms with Crippen molar-refractivity contribution in [3.05, 3.63) is 95.1 Å². The Morgan fingerprint density at radius 2 is 1.29 bits per heavy atom. The first-order chi connectivity index (χ1) is 13.3. The Bertz CT molecular complexity index is 1050. The third-order valence-electron chi connectivity index (χ3n) is 4.50. The van der Waals surface area contributed by atoms with Gasteiger partial charge in [0.05, 0.1) is 0 Å². The number of hydrogen-bond donors (Lipinski definition) is 0. The molecule has 0 bridgehead atoms. The molecule has 3 aromatic rings. The Morgan fingerprint density at radius 3 is 1.82 bits per heavy atom. The second-order valence-corrected chi connectivity index (χ2v) is 9.21. The highest BCUT2D eigenvalue weighted by Gasteiger charge is 2.45. The number of carbonyl (C=O) groups excluding carboxylic acids is 2. The van der Waals surface area contributed by atoms with Crippen LogP contribution in [0.15, 0.2) is 72.8 Å². The molecular formula is C23H21O4P. The van der Waals surface area contributed by atoms with E-state index in [2.05, 4.69) is 0 Å². The lowest BCUT2D eigenvalue weighted by Gasteiger charge is -2.19. The van der Waals surface area contributed by atoms with E-state index >= 15 is 0 Å². The van der Waals surface area contributed by atoms with Crippen LogP contribution in [0.5, 0.6) is 5.75 Å². The van der Waals surface area contributed by atoms with Gasteiger partial charge in [-0.25, -0.2) is 4.79 Å². The molecule has 0 aliphatic heterocycles. The van der Waals surface area contributed by atoms with Crippen molar-refractivity contribution >= 4 is 23.7 Å². The molecule has 0 fully saturated rings. The van der Waals surface area contributed by atoms with Crippen molar-refractivity contribution in [2.45, 2.75) is 20.8 Å². The zero-order valence-corrected chi connectivity index (χ0v) is 16.9. The summed E-state index contributed by atoms with van der Waals surface area (Å²) in [6.45, 7) is 5.49. The molecule has 0 radical (unpaired) electrons. The maximum atomic E-state index is 14.0.